The Morgan fingerprint density at radius 3 is 3.20 bits per heavy atom. The number of piperidine rings is 2. The lowest BCUT2D eigenvalue weighted by atomic mass is 9.84. The Labute approximate surface area is 119 Å². The standard InChI is InChI=1S/C15H21N3O2/c1-20-14-4-2-3-12(17-14)10-18-13-7-8-16-9-11(13)5-6-15(18)19/h2-4,11,13,16H,5-10H2,1H3. The van der Waals surface area contributed by atoms with Gasteiger partial charge in [-0.05, 0) is 37.9 Å². The molecular formula is C15H21N3O2. The molecule has 1 N–H and O–H groups in total. The molecule has 108 valence electrons. The Morgan fingerprint density at radius 2 is 2.35 bits per heavy atom. The Bertz CT molecular complexity index is 492. The smallest absolute Gasteiger partial charge is 0.223 e. The van der Waals surface area contributed by atoms with Gasteiger partial charge in [0, 0.05) is 18.5 Å². The van der Waals surface area contributed by atoms with E-state index in [9.17, 15) is 4.79 Å². The van der Waals surface area contributed by atoms with Gasteiger partial charge in [-0.1, -0.05) is 6.07 Å². The Hall–Kier alpha value is -1.62. The van der Waals surface area contributed by atoms with Crippen molar-refractivity contribution in [1.29, 1.82) is 0 Å². The molecule has 5 heteroatoms. The fourth-order valence-corrected chi connectivity index (χ4v) is 3.29. The molecule has 1 aromatic heterocycles. The van der Waals surface area contributed by atoms with Crippen LogP contribution < -0.4 is 10.1 Å². The van der Waals surface area contributed by atoms with Crippen LogP contribution in [-0.4, -0.2) is 42.0 Å². The summed E-state index contributed by atoms with van der Waals surface area (Å²) >= 11 is 0. The van der Waals surface area contributed by atoms with E-state index in [1.165, 1.54) is 0 Å². The monoisotopic (exact) mass is 275 g/mol. The number of carbonyl (C=O) groups is 1. The van der Waals surface area contributed by atoms with Crippen molar-refractivity contribution < 1.29 is 9.53 Å². The number of carbonyl (C=O) groups excluding carboxylic acids is 1. The molecule has 2 aliphatic rings. The molecule has 5 nitrogen and oxygen atoms in total. The van der Waals surface area contributed by atoms with E-state index in [1.807, 2.05) is 23.1 Å². The third-order valence-corrected chi connectivity index (χ3v) is 4.34. The summed E-state index contributed by atoms with van der Waals surface area (Å²) in [5.74, 6) is 1.46. The van der Waals surface area contributed by atoms with Crippen LogP contribution in [0.3, 0.4) is 0 Å². The largest absolute Gasteiger partial charge is 0.481 e. The SMILES string of the molecule is COc1cccc(CN2C(=O)CCC3CNCCC32)n1. The van der Waals surface area contributed by atoms with Crippen LogP contribution in [0.25, 0.3) is 0 Å². The zero-order valence-electron chi connectivity index (χ0n) is 11.8. The number of rotatable bonds is 3. The molecule has 2 atom stereocenters. The maximum absolute atomic E-state index is 12.3. The molecule has 0 saturated carbocycles. The number of amides is 1. The summed E-state index contributed by atoms with van der Waals surface area (Å²) in [5, 5.41) is 3.43. The predicted molar refractivity (Wildman–Crippen MR) is 75.3 cm³/mol. The third kappa shape index (κ3) is 2.63. The first kappa shape index (κ1) is 13.4. The molecular weight excluding hydrogens is 254 g/mol. The number of nitrogens with one attached hydrogen (secondary N) is 1. The predicted octanol–water partition coefficient (Wildman–Crippen LogP) is 1.19. The lowest BCUT2D eigenvalue weighted by Gasteiger charge is -2.44. The van der Waals surface area contributed by atoms with Gasteiger partial charge in [0.05, 0.1) is 19.3 Å². The van der Waals surface area contributed by atoms with Crippen molar-refractivity contribution in [1.82, 2.24) is 15.2 Å². The number of ether oxygens (including phenoxy) is 1. The summed E-state index contributed by atoms with van der Waals surface area (Å²) in [6.07, 6.45) is 2.71. The molecule has 0 radical (unpaired) electrons. The van der Waals surface area contributed by atoms with Gasteiger partial charge in [0.15, 0.2) is 0 Å². The van der Waals surface area contributed by atoms with Crippen LogP contribution in [0.5, 0.6) is 5.88 Å². The zero-order chi connectivity index (χ0) is 13.9. The minimum Gasteiger partial charge on any atom is -0.481 e. The minimum absolute atomic E-state index is 0.262. The number of nitrogens with zero attached hydrogens (tertiary/aromatic N) is 2. The van der Waals surface area contributed by atoms with E-state index in [0.29, 0.717) is 30.8 Å². The topological polar surface area (TPSA) is 54.5 Å². The van der Waals surface area contributed by atoms with Gasteiger partial charge in [0.1, 0.15) is 0 Å². The van der Waals surface area contributed by atoms with E-state index >= 15 is 0 Å². The molecule has 2 unspecified atom stereocenters. The van der Waals surface area contributed by atoms with Crippen LogP contribution >= 0.6 is 0 Å². The summed E-state index contributed by atoms with van der Waals surface area (Å²) in [6, 6.07) is 6.08. The molecule has 0 spiro atoms. The number of pyridine rings is 1. The summed E-state index contributed by atoms with van der Waals surface area (Å²) in [4.78, 5) is 18.7. The number of hydrogen-bond acceptors (Lipinski definition) is 4. The van der Waals surface area contributed by atoms with Crippen molar-refractivity contribution in [3.63, 3.8) is 0 Å². The number of aromatic nitrogens is 1. The summed E-state index contributed by atoms with van der Waals surface area (Å²) in [5.41, 5.74) is 0.900. The molecule has 0 bridgehead atoms. The zero-order valence-corrected chi connectivity index (χ0v) is 11.8. The Morgan fingerprint density at radius 1 is 1.45 bits per heavy atom. The number of methoxy groups -OCH3 is 1. The fraction of sp³-hybridized carbons (Fsp3) is 0.600. The van der Waals surface area contributed by atoms with E-state index < -0.39 is 0 Å². The summed E-state index contributed by atoms with van der Waals surface area (Å²) in [7, 11) is 1.61. The lowest BCUT2D eigenvalue weighted by Crippen LogP contribution is -2.54. The van der Waals surface area contributed by atoms with E-state index in [0.717, 1.165) is 31.6 Å². The molecule has 0 aromatic carbocycles. The van der Waals surface area contributed by atoms with Crippen LogP contribution in [0.15, 0.2) is 18.2 Å². The van der Waals surface area contributed by atoms with Crippen LogP contribution in [-0.2, 0) is 11.3 Å². The quantitative estimate of drug-likeness (QED) is 0.900. The average Bonchev–Trinajstić information content (AvgIpc) is 2.50. The van der Waals surface area contributed by atoms with Gasteiger partial charge < -0.3 is 15.0 Å². The summed E-state index contributed by atoms with van der Waals surface area (Å²) in [6.45, 7) is 2.62. The molecule has 2 fully saturated rings. The van der Waals surface area contributed by atoms with Gasteiger partial charge in [-0.2, -0.15) is 0 Å². The van der Waals surface area contributed by atoms with Crippen LogP contribution in [0.2, 0.25) is 0 Å². The van der Waals surface area contributed by atoms with Gasteiger partial charge in [-0.25, -0.2) is 4.98 Å². The van der Waals surface area contributed by atoms with Crippen LogP contribution in [0.4, 0.5) is 0 Å². The first-order valence-electron chi connectivity index (χ1n) is 7.28. The van der Waals surface area contributed by atoms with E-state index in [2.05, 4.69) is 10.3 Å². The number of likely N-dealkylation sites (tertiary alicyclic amines) is 1. The second kappa shape index (κ2) is 5.79. The van der Waals surface area contributed by atoms with E-state index in [1.54, 1.807) is 7.11 Å². The number of fused-ring (bicyclic) bond motifs is 1. The molecule has 0 aliphatic carbocycles. The van der Waals surface area contributed by atoms with Crippen molar-refractivity contribution in [2.45, 2.75) is 31.8 Å². The van der Waals surface area contributed by atoms with Gasteiger partial charge in [-0.15, -0.1) is 0 Å². The highest BCUT2D eigenvalue weighted by Crippen LogP contribution is 2.29. The van der Waals surface area contributed by atoms with Crippen LogP contribution in [0, 0.1) is 5.92 Å². The highest BCUT2D eigenvalue weighted by atomic mass is 16.5. The first-order valence-corrected chi connectivity index (χ1v) is 7.28. The first-order chi connectivity index (χ1) is 9.78. The van der Waals surface area contributed by atoms with Crippen molar-refractivity contribution in [2.24, 2.45) is 5.92 Å². The normalized spacial score (nSPS) is 26.2. The average molecular weight is 275 g/mol. The molecule has 2 saturated heterocycles. The number of hydrogen-bond donors (Lipinski definition) is 1. The molecule has 2 aliphatic heterocycles. The van der Waals surface area contributed by atoms with Crippen LogP contribution in [0.1, 0.15) is 25.0 Å². The minimum atomic E-state index is 0.262. The van der Waals surface area contributed by atoms with Crippen molar-refractivity contribution in [3.8, 4) is 5.88 Å². The lowest BCUT2D eigenvalue weighted by molar-refractivity contribution is -0.140. The highest BCUT2D eigenvalue weighted by Gasteiger charge is 2.37. The molecule has 1 amide bonds. The molecule has 3 heterocycles. The fourth-order valence-electron chi connectivity index (χ4n) is 3.29. The molecule has 3 rings (SSSR count). The highest BCUT2D eigenvalue weighted by molar-refractivity contribution is 5.77. The molecule has 1 aromatic rings. The van der Waals surface area contributed by atoms with Gasteiger partial charge in [0.2, 0.25) is 11.8 Å². The van der Waals surface area contributed by atoms with E-state index in [-0.39, 0.29) is 5.91 Å². The molecule has 20 heavy (non-hydrogen) atoms. The van der Waals surface area contributed by atoms with Crippen molar-refractivity contribution in [2.75, 3.05) is 20.2 Å². The maximum Gasteiger partial charge on any atom is 0.223 e. The van der Waals surface area contributed by atoms with Gasteiger partial charge in [0.25, 0.3) is 0 Å². The Balaban J connectivity index is 1.77. The van der Waals surface area contributed by atoms with Crippen molar-refractivity contribution in [3.05, 3.63) is 23.9 Å². The third-order valence-electron chi connectivity index (χ3n) is 4.34. The maximum atomic E-state index is 12.3. The second-order valence-electron chi connectivity index (χ2n) is 5.55. The summed E-state index contributed by atoms with van der Waals surface area (Å²) < 4.78 is 5.15. The van der Waals surface area contributed by atoms with Gasteiger partial charge >= 0.3 is 0 Å². The Kier molecular flexibility index (Phi) is 3.87. The van der Waals surface area contributed by atoms with Gasteiger partial charge in [-0.3, -0.25) is 4.79 Å². The van der Waals surface area contributed by atoms with E-state index in [4.69, 9.17) is 4.74 Å². The van der Waals surface area contributed by atoms with Crippen molar-refractivity contribution >= 4 is 5.91 Å². The second-order valence-corrected chi connectivity index (χ2v) is 5.55.